The molecular formula is C22H23F3N4O3S. The standard InChI is InChI=1S/C22H23F3N4O3S/c1-12(2)18(26)20(31)27-16(10-13-6-4-3-5-7-13)19(30)29-21-28-15-9-8-14(11-17(15)33-21)32-22(23,24)25/h3-9,11-12,16,18H,10,26H2,1-2H3,(H,27,31)(H,28,29,30)/t16-,18+/m0/s1. The summed E-state index contributed by atoms with van der Waals surface area (Å²) < 4.78 is 41.7. The molecule has 11 heteroatoms. The summed E-state index contributed by atoms with van der Waals surface area (Å²) in [6.07, 6.45) is -4.59. The summed E-state index contributed by atoms with van der Waals surface area (Å²) in [5.41, 5.74) is 7.14. The summed E-state index contributed by atoms with van der Waals surface area (Å²) >= 11 is 0.992. The Kier molecular flexibility index (Phi) is 7.54. The Balaban J connectivity index is 1.78. The third-order valence-corrected chi connectivity index (χ3v) is 5.69. The molecule has 0 aliphatic heterocycles. The van der Waals surface area contributed by atoms with Gasteiger partial charge in [0.25, 0.3) is 0 Å². The van der Waals surface area contributed by atoms with Gasteiger partial charge in [-0.05, 0) is 23.6 Å². The monoisotopic (exact) mass is 480 g/mol. The Morgan fingerprint density at radius 1 is 1.12 bits per heavy atom. The van der Waals surface area contributed by atoms with Crippen LogP contribution in [0.15, 0.2) is 48.5 Å². The van der Waals surface area contributed by atoms with Crippen molar-refractivity contribution in [2.75, 3.05) is 5.32 Å². The first-order valence-electron chi connectivity index (χ1n) is 10.1. The van der Waals surface area contributed by atoms with Crippen molar-refractivity contribution in [2.45, 2.75) is 38.7 Å². The molecule has 0 fully saturated rings. The van der Waals surface area contributed by atoms with Crippen LogP contribution in [-0.4, -0.2) is 35.2 Å². The highest BCUT2D eigenvalue weighted by Crippen LogP contribution is 2.31. The number of aromatic nitrogens is 1. The molecule has 0 unspecified atom stereocenters. The van der Waals surface area contributed by atoms with Crippen LogP contribution in [0.25, 0.3) is 10.2 Å². The molecule has 2 atom stereocenters. The molecule has 33 heavy (non-hydrogen) atoms. The van der Waals surface area contributed by atoms with Crippen LogP contribution in [0.4, 0.5) is 18.3 Å². The predicted molar refractivity (Wildman–Crippen MR) is 120 cm³/mol. The number of carbonyl (C=O) groups excluding carboxylic acids is 2. The number of anilines is 1. The molecule has 2 amide bonds. The molecule has 7 nitrogen and oxygen atoms in total. The fraction of sp³-hybridized carbons (Fsp3) is 0.318. The number of nitrogens with one attached hydrogen (secondary N) is 2. The number of rotatable bonds is 8. The van der Waals surface area contributed by atoms with E-state index in [-0.39, 0.29) is 23.2 Å². The third-order valence-electron chi connectivity index (χ3n) is 4.76. The summed E-state index contributed by atoms with van der Waals surface area (Å²) in [6, 6.07) is 11.1. The number of hydrogen-bond donors (Lipinski definition) is 3. The van der Waals surface area contributed by atoms with Gasteiger partial charge in [-0.2, -0.15) is 0 Å². The zero-order chi connectivity index (χ0) is 24.2. The second-order valence-electron chi connectivity index (χ2n) is 7.71. The van der Waals surface area contributed by atoms with Gasteiger partial charge in [-0.15, -0.1) is 13.2 Å². The number of nitrogens with two attached hydrogens (primary N) is 1. The van der Waals surface area contributed by atoms with Gasteiger partial charge in [0.1, 0.15) is 11.8 Å². The fourth-order valence-corrected chi connectivity index (χ4v) is 3.88. The minimum Gasteiger partial charge on any atom is -0.406 e. The Bertz CT molecular complexity index is 1120. The van der Waals surface area contributed by atoms with Gasteiger partial charge in [0.05, 0.1) is 16.3 Å². The molecule has 0 saturated carbocycles. The number of benzene rings is 2. The number of amides is 2. The van der Waals surface area contributed by atoms with Crippen molar-refractivity contribution >= 4 is 38.5 Å². The maximum Gasteiger partial charge on any atom is 0.573 e. The molecule has 2 aromatic carbocycles. The molecule has 0 radical (unpaired) electrons. The largest absolute Gasteiger partial charge is 0.573 e. The molecule has 0 aliphatic carbocycles. The molecular weight excluding hydrogens is 457 g/mol. The minimum atomic E-state index is -4.81. The zero-order valence-electron chi connectivity index (χ0n) is 17.8. The molecule has 3 rings (SSSR count). The Morgan fingerprint density at radius 2 is 1.82 bits per heavy atom. The first-order chi connectivity index (χ1) is 15.5. The van der Waals surface area contributed by atoms with E-state index in [1.54, 1.807) is 13.8 Å². The molecule has 1 aromatic heterocycles. The topological polar surface area (TPSA) is 106 Å². The molecule has 3 aromatic rings. The first-order valence-corrected chi connectivity index (χ1v) is 10.9. The molecule has 0 aliphatic rings. The lowest BCUT2D eigenvalue weighted by molar-refractivity contribution is -0.274. The van der Waals surface area contributed by atoms with E-state index in [1.807, 2.05) is 30.3 Å². The number of halogens is 3. The number of alkyl halides is 3. The van der Waals surface area contributed by atoms with E-state index in [4.69, 9.17) is 5.73 Å². The normalized spacial score (nSPS) is 13.5. The van der Waals surface area contributed by atoms with Crippen LogP contribution in [0.5, 0.6) is 5.75 Å². The number of carbonyl (C=O) groups is 2. The van der Waals surface area contributed by atoms with Crippen molar-refractivity contribution < 1.29 is 27.5 Å². The van der Waals surface area contributed by atoms with Gasteiger partial charge >= 0.3 is 6.36 Å². The van der Waals surface area contributed by atoms with Crippen molar-refractivity contribution in [3.63, 3.8) is 0 Å². The lowest BCUT2D eigenvalue weighted by Gasteiger charge is -2.22. The van der Waals surface area contributed by atoms with Gasteiger partial charge in [0.2, 0.25) is 11.8 Å². The van der Waals surface area contributed by atoms with Crippen LogP contribution in [0.1, 0.15) is 19.4 Å². The summed E-state index contributed by atoms with van der Waals surface area (Å²) in [5, 5.41) is 5.51. The van der Waals surface area contributed by atoms with Crippen LogP contribution in [0, 0.1) is 5.92 Å². The SMILES string of the molecule is CC(C)[C@@H](N)C(=O)N[C@@H](Cc1ccccc1)C(=O)Nc1nc2ccc(OC(F)(F)F)cc2s1. The van der Waals surface area contributed by atoms with Gasteiger partial charge in [0, 0.05) is 12.5 Å². The van der Waals surface area contributed by atoms with Gasteiger partial charge in [-0.1, -0.05) is 55.5 Å². The summed E-state index contributed by atoms with van der Waals surface area (Å²) in [4.78, 5) is 29.7. The van der Waals surface area contributed by atoms with Crippen molar-refractivity contribution in [2.24, 2.45) is 11.7 Å². The summed E-state index contributed by atoms with van der Waals surface area (Å²) in [7, 11) is 0. The van der Waals surface area contributed by atoms with Crippen LogP contribution in [0.3, 0.4) is 0 Å². The van der Waals surface area contributed by atoms with Gasteiger partial charge in [-0.3, -0.25) is 9.59 Å². The number of nitrogens with zero attached hydrogens (tertiary/aromatic N) is 1. The predicted octanol–water partition coefficient (Wildman–Crippen LogP) is 3.84. The van der Waals surface area contributed by atoms with Crippen molar-refractivity contribution in [1.82, 2.24) is 10.3 Å². The summed E-state index contributed by atoms with van der Waals surface area (Å²) in [5.74, 6) is -1.48. The highest BCUT2D eigenvalue weighted by molar-refractivity contribution is 7.22. The van der Waals surface area contributed by atoms with E-state index in [1.165, 1.54) is 12.1 Å². The number of hydrogen-bond acceptors (Lipinski definition) is 6. The molecule has 176 valence electrons. The van der Waals surface area contributed by atoms with Gasteiger partial charge in [-0.25, -0.2) is 4.98 Å². The molecule has 4 N–H and O–H groups in total. The van der Waals surface area contributed by atoms with Crippen LogP contribution >= 0.6 is 11.3 Å². The lowest BCUT2D eigenvalue weighted by Crippen LogP contribution is -2.52. The maximum atomic E-state index is 13.0. The zero-order valence-corrected chi connectivity index (χ0v) is 18.7. The Labute approximate surface area is 192 Å². The van der Waals surface area contributed by atoms with Crippen LogP contribution < -0.4 is 21.1 Å². The van der Waals surface area contributed by atoms with E-state index in [9.17, 15) is 22.8 Å². The quantitative estimate of drug-likeness (QED) is 0.454. The number of ether oxygens (including phenoxy) is 1. The van der Waals surface area contributed by atoms with E-state index >= 15 is 0 Å². The smallest absolute Gasteiger partial charge is 0.406 e. The van der Waals surface area contributed by atoms with E-state index in [0.717, 1.165) is 23.0 Å². The average molecular weight is 481 g/mol. The number of fused-ring (bicyclic) bond motifs is 1. The van der Waals surface area contributed by atoms with Crippen molar-refractivity contribution in [1.29, 1.82) is 0 Å². The molecule has 0 saturated heterocycles. The molecule has 0 bridgehead atoms. The van der Waals surface area contributed by atoms with Gasteiger partial charge < -0.3 is 21.1 Å². The second-order valence-corrected chi connectivity index (χ2v) is 8.74. The van der Waals surface area contributed by atoms with Crippen LogP contribution in [0.2, 0.25) is 0 Å². The molecule has 0 spiro atoms. The first kappa shape index (κ1) is 24.5. The third kappa shape index (κ3) is 6.90. The second kappa shape index (κ2) is 10.2. The average Bonchev–Trinajstić information content (AvgIpc) is 3.13. The van der Waals surface area contributed by atoms with E-state index < -0.39 is 30.3 Å². The fourth-order valence-electron chi connectivity index (χ4n) is 2.98. The van der Waals surface area contributed by atoms with Crippen molar-refractivity contribution in [3.8, 4) is 5.75 Å². The van der Waals surface area contributed by atoms with E-state index in [0.29, 0.717) is 10.2 Å². The number of thiazole rings is 1. The summed E-state index contributed by atoms with van der Waals surface area (Å²) in [6.45, 7) is 3.60. The Morgan fingerprint density at radius 3 is 2.45 bits per heavy atom. The van der Waals surface area contributed by atoms with Crippen LogP contribution in [-0.2, 0) is 16.0 Å². The van der Waals surface area contributed by atoms with Crippen molar-refractivity contribution in [3.05, 3.63) is 54.1 Å². The minimum absolute atomic E-state index is 0.122. The highest BCUT2D eigenvalue weighted by atomic mass is 32.1. The van der Waals surface area contributed by atoms with E-state index in [2.05, 4.69) is 20.4 Å². The molecule has 1 heterocycles. The van der Waals surface area contributed by atoms with Gasteiger partial charge in [0.15, 0.2) is 5.13 Å². The highest BCUT2D eigenvalue weighted by Gasteiger charge is 2.31. The Hall–Kier alpha value is -3.18. The lowest BCUT2D eigenvalue weighted by atomic mass is 10.0. The maximum absolute atomic E-state index is 13.0.